The number of halogens is 1. The molecular weight excluding hydrogens is 238 g/mol. The molecule has 0 amide bonds. The summed E-state index contributed by atoms with van der Waals surface area (Å²) in [7, 11) is 3.71. The smallest absolute Gasteiger partial charge is 0.197 e. The van der Waals surface area contributed by atoms with Crippen LogP contribution in [0.5, 0.6) is 5.75 Å². The summed E-state index contributed by atoms with van der Waals surface area (Å²) < 4.78 is 5.49. The molecule has 0 heterocycles. The van der Waals surface area contributed by atoms with Crippen molar-refractivity contribution in [1.29, 1.82) is 0 Å². The van der Waals surface area contributed by atoms with Crippen molar-refractivity contribution in [1.82, 2.24) is 4.90 Å². The van der Waals surface area contributed by atoms with Gasteiger partial charge >= 0.3 is 0 Å². The maximum absolute atomic E-state index is 11.7. The second-order valence-electron chi connectivity index (χ2n) is 3.90. The summed E-state index contributed by atoms with van der Waals surface area (Å²) in [6, 6.07) is 6.99. The van der Waals surface area contributed by atoms with Gasteiger partial charge in [0, 0.05) is 31.4 Å². The lowest BCUT2D eigenvalue weighted by Crippen LogP contribution is -2.22. The number of carbonyl (C=O) groups is 1. The van der Waals surface area contributed by atoms with Crippen LogP contribution >= 0.6 is 11.6 Å². The molecule has 1 atom stereocenters. The first-order valence-corrected chi connectivity index (χ1v) is 5.67. The molecule has 0 spiro atoms. The molecule has 17 heavy (non-hydrogen) atoms. The number of ether oxygens (including phenoxy) is 1. The van der Waals surface area contributed by atoms with Crippen LogP contribution in [0.25, 0.3) is 0 Å². The van der Waals surface area contributed by atoms with Crippen LogP contribution in [0.4, 0.5) is 0 Å². The highest BCUT2D eigenvalue weighted by Crippen LogP contribution is 2.18. The summed E-state index contributed by atoms with van der Waals surface area (Å²) in [5, 5.41) is 0.589. The molecule has 0 N–H and O–H groups in total. The Morgan fingerprint density at radius 2 is 2.18 bits per heavy atom. The molecule has 4 heteroatoms. The molecule has 0 fully saturated rings. The quantitative estimate of drug-likeness (QED) is 0.756. The third-order valence-electron chi connectivity index (χ3n) is 2.05. The number of hydrogen-bond acceptors (Lipinski definition) is 3. The Balaban J connectivity index is 2.60. The fourth-order valence-corrected chi connectivity index (χ4v) is 1.34. The number of rotatable bonds is 5. The fraction of sp³-hybridized carbons (Fsp3) is 0.308. The highest BCUT2D eigenvalue weighted by Gasteiger charge is 2.11. The predicted octanol–water partition coefficient (Wildman–Crippen LogP) is 2.75. The third-order valence-corrected chi connectivity index (χ3v) is 2.28. The van der Waals surface area contributed by atoms with Gasteiger partial charge in [0.25, 0.3) is 0 Å². The molecule has 1 rings (SSSR count). The van der Waals surface area contributed by atoms with Crippen LogP contribution in [-0.2, 0) is 4.79 Å². The van der Waals surface area contributed by atoms with Crippen molar-refractivity contribution in [2.24, 2.45) is 0 Å². The van der Waals surface area contributed by atoms with E-state index in [-0.39, 0.29) is 5.78 Å². The van der Waals surface area contributed by atoms with E-state index in [2.05, 4.69) is 0 Å². The van der Waals surface area contributed by atoms with Gasteiger partial charge in [0.05, 0.1) is 0 Å². The van der Waals surface area contributed by atoms with E-state index in [0.29, 0.717) is 10.8 Å². The summed E-state index contributed by atoms with van der Waals surface area (Å²) in [6.07, 6.45) is 2.67. The molecule has 3 nitrogen and oxygen atoms in total. The van der Waals surface area contributed by atoms with Gasteiger partial charge in [-0.1, -0.05) is 17.7 Å². The van der Waals surface area contributed by atoms with Crippen LogP contribution < -0.4 is 4.74 Å². The van der Waals surface area contributed by atoms with Gasteiger partial charge in [0.1, 0.15) is 5.75 Å². The first-order valence-electron chi connectivity index (χ1n) is 5.29. The van der Waals surface area contributed by atoms with Crippen molar-refractivity contribution in [2.45, 2.75) is 13.0 Å². The largest absolute Gasteiger partial charge is 0.483 e. The van der Waals surface area contributed by atoms with Gasteiger partial charge in [-0.15, -0.1) is 0 Å². The molecule has 1 aromatic rings. The summed E-state index contributed by atoms with van der Waals surface area (Å²) in [5.74, 6) is 0.510. The average molecular weight is 254 g/mol. The van der Waals surface area contributed by atoms with E-state index in [9.17, 15) is 4.79 Å². The number of nitrogens with zero attached hydrogens (tertiary/aromatic N) is 1. The van der Waals surface area contributed by atoms with Crippen molar-refractivity contribution >= 4 is 17.4 Å². The Kier molecular flexibility index (Phi) is 5.04. The maximum atomic E-state index is 11.7. The van der Waals surface area contributed by atoms with Gasteiger partial charge in [-0.2, -0.15) is 0 Å². The lowest BCUT2D eigenvalue weighted by Gasteiger charge is -2.12. The van der Waals surface area contributed by atoms with E-state index in [1.54, 1.807) is 42.3 Å². The zero-order valence-electron chi connectivity index (χ0n) is 10.2. The normalized spacial score (nSPS) is 12.5. The zero-order valence-corrected chi connectivity index (χ0v) is 10.9. The van der Waals surface area contributed by atoms with Crippen LogP contribution in [0.2, 0.25) is 5.02 Å². The summed E-state index contributed by atoms with van der Waals surface area (Å²) >= 11 is 5.83. The van der Waals surface area contributed by atoms with Gasteiger partial charge in [-0.05, 0) is 25.1 Å². The molecule has 92 valence electrons. The number of carbonyl (C=O) groups excluding carboxylic acids is 1. The molecule has 0 aliphatic heterocycles. The fourth-order valence-electron chi connectivity index (χ4n) is 1.16. The molecule has 1 aromatic carbocycles. The Morgan fingerprint density at radius 1 is 1.47 bits per heavy atom. The molecule has 0 aromatic heterocycles. The number of benzene rings is 1. The first kappa shape index (κ1) is 13.6. The summed E-state index contributed by atoms with van der Waals surface area (Å²) in [5.41, 5.74) is 0. The lowest BCUT2D eigenvalue weighted by atomic mass is 10.2. The highest BCUT2D eigenvalue weighted by atomic mass is 35.5. The van der Waals surface area contributed by atoms with Gasteiger partial charge in [0.15, 0.2) is 11.9 Å². The van der Waals surface area contributed by atoms with E-state index >= 15 is 0 Å². The van der Waals surface area contributed by atoms with E-state index in [1.165, 1.54) is 6.08 Å². The Hall–Kier alpha value is -1.48. The molecule has 0 radical (unpaired) electrons. The lowest BCUT2D eigenvalue weighted by molar-refractivity contribution is -0.120. The minimum Gasteiger partial charge on any atom is -0.483 e. The molecule has 0 bridgehead atoms. The van der Waals surface area contributed by atoms with Crippen molar-refractivity contribution in [3.63, 3.8) is 0 Å². The van der Waals surface area contributed by atoms with Crippen LogP contribution in [0.15, 0.2) is 36.5 Å². The molecule has 0 aliphatic rings. The van der Waals surface area contributed by atoms with Gasteiger partial charge in [-0.25, -0.2) is 0 Å². The zero-order chi connectivity index (χ0) is 12.8. The number of hydrogen-bond donors (Lipinski definition) is 0. The Bertz CT molecular complexity index is 416. The van der Waals surface area contributed by atoms with E-state index in [0.717, 1.165) is 0 Å². The molecular formula is C13H16ClNO2. The van der Waals surface area contributed by atoms with Crippen LogP contribution in [0, 0.1) is 0 Å². The van der Waals surface area contributed by atoms with Crippen molar-refractivity contribution < 1.29 is 9.53 Å². The number of ketones is 1. The maximum Gasteiger partial charge on any atom is 0.197 e. The first-order chi connectivity index (χ1) is 7.99. The van der Waals surface area contributed by atoms with E-state index in [1.807, 2.05) is 14.1 Å². The summed E-state index contributed by atoms with van der Waals surface area (Å²) in [6.45, 7) is 1.71. The average Bonchev–Trinajstić information content (AvgIpc) is 2.25. The minimum absolute atomic E-state index is 0.0846. The topological polar surface area (TPSA) is 29.5 Å². The van der Waals surface area contributed by atoms with Crippen molar-refractivity contribution in [3.05, 3.63) is 41.6 Å². The van der Waals surface area contributed by atoms with E-state index < -0.39 is 6.10 Å². The van der Waals surface area contributed by atoms with Crippen LogP contribution in [0.1, 0.15) is 6.92 Å². The molecule has 0 saturated heterocycles. The third kappa shape index (κ3) is 4.91. The van der Waals surface area contributed by atoms with Gasteiger partial charge in [0.2, 0.25) is 0 Å². The van der Waals surface area contributed by atoms with Crippen LogP contribution in [0.3, 0.4) is 0 Å². The predicted molar refractivity (Wildman–Crippen MR) is 69.4 cm³/mol. The SMILES string of the molecule is C[C@@H](Oc1cccc(Cl)c1)C(=O)/C=C/N(C)C. The van der Waals surface area contributed by atoms with Crippen molar-refractivity contribution in [3.8, 4) is 5.75 Å². The van der Waals surface area contributed by atoms with Crippen molar-refractivity contribution in [2.75, 3.05) is 14.1 Å². The Morgan fingerprint density at radius 3 is 2.76 bits per heavy atom. The standard InChI is InChI=1S/C13H16ClNO2/c1-10(13(16)7-8-15(2)3)17-12-6-4-5-11(14)9-12/h4-10H,1-3H3/b8-7+/t10-/m1/s1. The molecule has 0 aliphatic carbocycles. The van der Waals surface area contributed by atoms with Gasteiger partial charge < -0.3 is 9.64 Å². The monoisotopic (exact) mass is 253 g/mol. The Labute approximate surface area is 107 Å². The second kappa shape index (κ2) is 6.30. The van der Waals surface area contributed by atoms with Crippen LogP contribution in [-0.4, -0.2) is 30.9 Å². The molecule has 0 saturated carbocycles. The highest BCUT2D eigenvalue weighted by molar-refractivity contribution is 6.30. The van der Waals surface area contributed by atoms with E-state index in [4.69, 9.17) is 16.3 Å². The second-order valence-corrected chi connectivity index (χ2v) is 4.34. The minimum atomic E-state index is -0.523. The van der Waals surface area contributed by atoms with Gasteiger partial charge in [-0.3, -0.25) is 4.79 Å². The summed E-state index contributed by atoms with van der Waals surface area (Å²) in [4.78, 5) is 13.5. The molecule has 0 unspecified atom stereocenters.